The van der Waals surface area contributed by atoms with Crippen molar-refractivity contribution in [3.63, 3.8) is 0 Å². The van der Waals surface area contributed by atoms with Gasteiger partial charge in [0.15, 0.2) is 0 Å². The van der Waals surface area contributed by atoms with Crippen LogP contribution in [0.4, 0.5) is 0 Å². The Morgan fingerprint density at radius 2 is 1.59 bits per heavy atom. The van der Waals surface area contributed by atoms with Crippen molar-refractivity contribution < 1.29 is 29.7 Å². The maximum Gasteiger partial charge on any atom is 0.314 e. The lowest BCUT2D eigenvalue weighted by Gasteiger charge is -2.39. The fourth-order valence-electron chi connectivity index (χ4n) is 6.70. The monoisotopic (exact) mass is 708 g/mol. The highest BCUT2D eigenvalue weighted by Gasteiger charge is 2.44. The van der Waals surface area contributed by atoms with Crippen LogP contribution in [0.1, 0.15) is 61.4 Å². The fourth-order valence-corrected chi connectivity index (χ4v) is 7.65. The fraction of sp³-hybridized carbons (Fsp3) is 0.282. The normalized spacial score (nSPS) is 14.6. The number of aliphatic hydroxyl groups is 1. The van der Waals surface area contributed by atoms with Gasteiger partial charge in [0.05, 0.1) is 26.8 Å². The van der Waals surface area contributed by atoms with E-state index in [-0.39, 0.29) is 35.2 Å². The number of fused-ring (bicyclic) bond motifs is 1. The molecule has 51 heavy (non-hydrogen) atoms. The maximum atomic E-state index is 13.9. The first-order valence-electron chi connectivity index (χ1n) is 16.9. The Bertz CT molecular complexity index is 2060. The quantitative estimate of drug-likeness (QED) is 0.108. The standard InChI is InChI=1S/C39H40N4O7S/c44-30-14-12-28(29-13-17-34(46)41-35(29)30)31(45)24-40-20-7-21-43(25-26-8-3-1-4-9-26)37(48)33-16-15-32(51-33)36(47)42-22-18-39(19-23-42,38(49)50)27-10-5-2-6-11-27/h1-6,8-17,31,40,44-45H,7,18-25H2,(H,41,46)(H,49,50). The van der Waals surface area contributed by atoms with Crippen LogP contribution in [-0.4, -0.2) is 80.6 Å². The highest BCUT2D eigenvalue weighted by atomic mass is 32.1. The molecule has 0 radical (unpaired) electrons. The molecule has 5 N–H and O–H groups in total. The van der Waals surface area contributed by atoms with Crippen molar-refractivity contribution in [3.05, 3.63) is 134 Å². The van der Waals surface area contributed by atoms with Crippen molar-refractivity contribution in [2.45, 2.75) is 37.3 Å². The van der Waals surface area contributed by atoms with E-state index in [4.69, 9.17) is 0 Å². The first-order chi connectivity index (χ1) is 24.7. The third-order valence-corrected chi connectivity index (χ3v) is 10.6. The van der Waals surface area contributed by atoms with Crippen molar-refractivity contribution in [1.82, 2.24) is 20.1 Å². The molecule has 1 aliphatic rings. The summed E-state index contributed by atoms with van der Waals surface area (Å²) in [6.45, 7) is 2.12. The third-order valence-electron chi connectivity index (χ3n) is 9.56. The molecule has 1 fully saturated rings. The molecule has 3 aromatic carbocycles. The van der Waals surface area contributed by atoms with Gasteiger partial charge in [-0.1, -0.05) is 66.7 Å². The summed E-state index contributed by atoms with van der Waals surface area (Å²) in [5, 5.41) is 35.0. The topological polar surface area (TPSA) is 163 Å². The van der Waals surface area contributed by atoms with Crippen LogP contribution in [-0.2, 0) is 16.8 Å². The number of aromatic amines is 1. The maximum absolute atomic E-state index is 13.9. The van der Waals surface area contributed by atoms with Crippen LogP contribution in [0.3, 0.4) is 0 Å². The molecule has 3 heterocycles. The van der Waals surface area contributed by atoms with E-state index >= 15 is 0 Å². The Balaban J connectivity index is 1.07. The molecule has 11 nitrogen and oxygen atoms in total. The molecule has 5 aromatic rings. The van der Waals surface area contributed by atoms with Gasteiger partial charge in [-0.2, -0.15) is 0 Å². The minimum absolute atomic E-state index is 0.0749. The Kier molecular flexibility index (Phi) is 10.9. The number of rotatable bonds is 13. The van der Waals surface area contributed by atoms with E-state index < -0.39 is 17.5 Å². The van der Waals surface area contributed by atoms with Gasteiger partial charge in [-0.05, 0) is 66.8 Å². The minimum atomic E-state index is -1.04. The van der Waals surface area contributed by atoms with Crippen molar-refractivity contribution in [3.8, 4) is 5.75 Å². The highest BCUT2D eigenvalue weighted by molar-refractivity contribution is 7.15. The number of amides is 2. The average Bonchev–Trinajstić information content (AvgIpc) is 3.65. The smallest absolute Gasteiger partial charge is 0.314 e. The van der Waals surface area contributed by atoms with Crippen LogP contribution in [0.25, 0.3) is 10.9 Å². The number of pyridine rings is 1. The third kappa shape index (κ3) is 7.88. The first-order valence-corrected chi connectivity index (χ1v) is 17.7. The molecule has 1 atom stereocenters. The summed E-state index contributed by atoms with van der Waals surface area (Å²) >= 11 is 1.14. The van der Waals surface area contributed by atoms with Gasteiger partial charge in [0.25, 0.3) is 11.8 Å². The lowest BCUT2D eigenvalue weighted by molar-refractivity contribution is -0.145. The SMILES string of the molecule is O=C(c1ccc(C(=O)N(CCCNCC(O)c2ccc(O)c3[nH]c(=O)ccc23)Cc2ccccc2)s1)N1CCC(C(=O)O)(c2ccccc2)CC1. The lowest BCUT2D eigenvalue weighted by atomic mass is 9.73. The van der Waals surface area contributed by atoms with Gasteiger partial charge in [-0.3, -0.25) is 19.2 Å². The largest absolute Gasteiger partial charge is 0.506 e. The molecule has 2 aromatic heterocycles. The van der Waals surface area contributed by atoms with Crippen molar-refractivity contribution in [2.75, 3.05) is 32.7 Å². The van der Waals surface area contributed by atoms with Gasteiger partial charge in [0.2, 0.25) is 5.56 Å². The van der Waals surface area contributed by atoms with Crippen LogP contribution in [0.5, 0.6) is 5.75 Å². The predicted molar refractivity (Wildman–Crippen MR) is 195 cm³/mol. The first kappa shape index (κ1) is 35.5. The molecule has 1 unspecified atom stereocenters. The number of hydrogen-bond acceptors (Lipinski definition) is 8. The number of carboxylic acids is 1. The molecular formula is C39H40N4O7S. The number of carbonyl (C=O) groups excluding carboxylic acids is 2. The van der Waals surface area contributed by atoms with Crippen molar-refractivity contribution >= 4 is 40.0 Å². The van der Waals surface area contributed by atoms with Gasteiger partial charge >= 0.3 is 5.97 Å². The summed E-state index contributed by atoms with van der Waals surface area (Å²) in [4.78, 5) is 58.4. The molecule has 0 aliphatic carbocycles. The summed E-state index contributed by atoms with van der Waals surface area (Å²) in [6, 6.07) is 28.2. The number of aliphatic carboxylic acids is 1. The number of aliphatic hydroxyl groups excluding tert-OH is 1. The van der Waals surface area contributed by atoms with E-state index in [9.17, 15) is 34.5 Å². The number of nitrogens with one attached hydrogen (secondary N) is 2. The lowest BCUT2D eigenvalue weighted by Crippen LogP contribution is -2.49. The van der Waals surface area contributed by atoms with E-state index in [1.807, 2.05) is 60.7 Å². The number of H-pyrrole nitrogens is 1. The number of benzene rings is 3. The predicted octanol–water partition coefficient (Wildman–Crippen LogP) is 4.91. The summed E-state index contributed by atoms with van der Waals surface area (Å²) in [5.74, 6) is -1.37. The van der Waals surface area contributed by atoms with Gasteiger partial charge in [-0.25, -0.2) is 0 Å². The number of piperidine rings is 1. The molecule has 6 rings (SSSR count). The molecule has 0 bridgehead atoms. The summed E-state index contributed by atoms with van der Waals surface area (Å²) in [6.07, 6.45) is 0.295. The van der Waals surface area contributed by atoms with E-state index in [1.54, 1.807) is 34.1 Å². The van der Waals surface area contributed by atoms with Crippen molar-refractivity contribution in [2.24, 2.45) is 0 Å². The highest BCUT2D eigenvalue weighted by Crippen LogP contribution is 2.37. The van der Waals surface area contributed by atoms with Crippen molar-refractivity contribution in [1.29, 1.82) is 0 Å². The Hall–Kier alpha value is -5.30. The zero-order chi connectivity index (χ0) is 36.0. The number of carboxylic acid groups (broad SMARTS) is 1. The van der Waals surface area contributed by atoms with E-state index in [2.05, 4.69) is 10.3 Å². The van der Waals surface area contributed by atoms with E-state index in [0.29, 0.717) is 72.7 Å². The second-order valence-corrected chi connectivity index (χ2v) is 13.9. The number of nitrogens with zero attached hydrogens (tertiary/aromatic N) is 2. The van der Waals surface area contributed by atoms with E-state index in [1.165, 1.54) is 12.1 Å². The van der Waals surface area contributed by atoms with Crippen LogP contribution >= 0.6 is 11.3 Å². The van der Waals surface area contributed by atoms with Crippen LogP contribution in [0, 0.1) is 0 Å². The molecule has 0 spiro atoms. The van der Waals surface area contributed by atoms with Crippen LogP contribution in [0.15, 0.2) is 102 Å². The molecule has 1 aliphatic heterocycles. The van der Waals surface area contributed by atoms with Gasteiger partial charge in [0, 0.05) is 44.2 Å². The Morgan fingerprint density at radius 1 is 0.902 bits per heavy atom. The molecule has 1 saturated heterocycles. The second kappa shape index (κ2) is 15.7. The zero-order valence-electron chi connectivity index (χ0n) is 28.0. The number of aromatic hydroxyl groups is 1. The molecule has 12 heteroatoms. The number of thiophene rings is 1. The van der Waals surface area contributed by atoms with Gasteiger partial charge in [0.1, 0.15) is 5.75 Å². The van der Waals surface area contributed by atoms with Crippen LogP contribution in [0.2, 0.25) is 0 Å². The molecule has 2 amide bonds. The number of phenols is 1. The minimum Gasteiger partial charge on any atom is -0.506 e. The molecule has 0 saturated carbocycles. The molecule has 264 valence electrons. The van der Waals surface area contributed by atoms with Gasteiger partial charge in [-0.15, -0.1) is 11.3 Å². The number of hydrogen-bond donors (Lipinski definition) is 5. The van der Waals surface area contributed by atoms with Gasteiger partial charge < -0.3 is 35.4 Å². The molecular weight excluding hydrogens is 669 g/mol. The van der Waals surface area contributed by atoms with E-state index in [0.717, 1.165) is 22.5 Å². The second-order valence-electron chi connectivity index (χ2n) is 12.8. The Labute approximate surface area is 298 Å². The number of phenolic OH excluding ortho intramolecular Hbond substituents is 1. The summed E-state index contributed by atoms with van der Waals surface area (Å²) < 4.78 is 0. The average molecular weight is 709 g/mol. The zero-order valence-corrected chi connectivity index (χ0v) is 28.8. The summed E-state index contributed by atoms with van der Waals surface area (Å²) in [7, 11) is 0. The summed E-state index contributed by atoms with van der Waals surface area (Å²) in [5.41, 5.74) is 1.15. The number of aromatic nitrogens is 1. The number of likely N-dealkylation sites (tertiary alicyclic amines) is 1. The van der Waals surface area contributed by atoms with Crippen LogP contribution < -0.4 is 10.9 Å². The Morgan fingerprint density at radius 3 is 2.29 bits per heavy atom. The number of carbonyl (C=O) groups is 3.